The molecule has 0 bridgehead atoms. The fourth-order valence-corrected chi connectivity index (χ4v) is 3.25. The molecule has 0 saturated heterocycles. The molecule has 4 heterocycles. The van der Waals surface area contributed by atoms with Gasteiger partial charge in [0.2, 0.25) is 0 Å². The summed E-state index contributed by atoms with van der Waals surface area (Å²) >= 11 is 5.02. The van der Waals surface area contributed by atoms with E-state index >= 15 is 0 Å². The van der Waals surface area contributed by atoms with E-state index in [1.807, 2.05) is 12.3 Å². The molecular formula is C15H15N5OS. The predicted molar refractivity (Wildman–Crippen MR) is 86.2 cm³/mol. The quantitative estimate of drug-likeness (QED) is 0.631. The second-order valence-corrected chi connectivity index (χ2v) is 5.95. The number of hydrogen-bond donors (Lipinski definition) is 3. The van der Waals surface area contributed by atoms with Crippen molar-refractivity contribution < 1.29 is 0 Å². The first-order valence-corrected chi connectivity index (χ1v) is 7.59. The first-order valence-electron chi connectivity index (χ1n) is 7.18. The smallest absolute Gasteiger partial charge is 0.256 e. The Morgan fingerprint density at radius 3 is 3.18 bits per heavy atom. The molecule has 0 aromatic carbocycles. The fraction of sp³-hybridized carbons (Fsp3) is 0.267. The number of fused-ring (bicyclic) bond motifs is 2. The SMILES string of the molecule is O=c1[nH]c(=S)[nH]c2c1CN(Cc1c[nH]c3ncccc13)CC2. The van der Waals surface area contributed by atoms with E-state index in [9.17, 15) is 4.79 Å². The lowest BCUT2D eigenvalue weighted by Crippen LogP contribution is -2.35. The van der Waals surface area contributed by atoms with Gasteiger partial charge in [-0.25, -0.2) is 4.98 Å². The van der Waals surface area contributed by atoms with Crippen LogP contribution in [0.15, 0.2) is 29.3 Å². The molecule has 0 spiro atoms. The largest absolute Gasteiger partial charge is 0.346 e. The van der Waals surface area contributed by atoms with Gasteiger partial charge in [0.25, 0.3) is 5.56 Å². The normalized spacial score (nSPS) is 15.1. The van der Waals surface area contributed by atoms with Gasteiger partial charge in [0.1, 0.15) is 5.65 Å². The third-order valence-electron chi connectivity index (χ3n) is 4.12. The zero-order chi connectivity index (χ0) is 15.1. The van der Waals surface area contributed by atoms with Crippen LogP contribution in [0, 0.1) is 4.77 Å². The molecule has 22 heavy (non-hydrogen) atoms. The molecule has 0 atom stereocenters. The molecule has 3 aromatic rings. The molecule has 3 N–H and O–H groups in total. The standard InChI is InChI=1S/C15H15N5OS/c21-14-11-8-20(5-3-12(11)18-15(22)19-14)7-9-6-17-13-10(9)2-1-4-16-13/h1-2,4,6H,3,5,7-8H2,(H,16,17)(H2,18,19,21,22). The Morgan fingerprint density at radius 2 is 2.27 bits per heavy atom. The van der Waals surface area contributed by atoms with E-state index in [2.05, 4.69) is 30.9 Å². The van der Waals surface area contributed by atoms with Gasteiger partial charge in [0.05, 0.1) is 5.56 Å². The summed E-state index contributed by atoms with van der Waals surface area (Å²) in [5.41, 5.74) is 3.77. The Hall–Kier alpha value is -2.25. The first kappa shape index (κ1) is 13.4. The maximum absolute atomic E-state index is 12.1. The van der Waals surface area contributed by atoms with Crippen LogP contribution >= 0.6 is 12.2 Å². The van der Waals surface area contributed by atoms with Gasteiger partial charge in [-0.1, -0.05) is 0 Å². The minimum absolute atomic E-state index is 0.0796. The van der Waals surface area contributed by atoms with E-state index in [4.69, 9.17) is 12.2 Å². The molecule has 0 saturated carbocycles. The maximum atomic E-state index is 12.1. The highest BCUT2D eigenvalue weighted by Gasteiger charge is 2.20. The van der Waals surface area contributed by atoms with Gasteiger partial charge in [-0.2, -0.15) is 0 Å². The van der Waals surface area contributed by atoms with Gasteiger partial charge in [-0.3, -0.25) is 14.7 Å². The predicted octanol–water partition coefficient (Wildman–Crippen LogP) is 1.87. The summed E-state index contributed by atoms with van der Waals surface area (Å²) in [7, 11) is 0. The molecule has 1 aliphatic heterocycles. The van der Waals surface area contributed by atoms with Crippen molar-refractivity contribution >= 4 is 23.3 Å². The third-order valence-corrected chi connectivity index (χ3v) is 4.32. The van der Waals surface area contributed by atoms with Crippen molar-refractivity contribution in [2.24, 2.45) is 0 Å². The molecule has 6 nitrogen and oxygen atoms in total. The first-order chi connectivity index (χ1) is 10.7. The minimum Gasteiger partial charge on any atom is -0.346 e. The molecule has 7 heteroatoms. The topological polar surface area (TPSA) is 80.6 Å². The van der Waals surface area contributed by atoms with Crippen molar-refractivity contribution in [2.45, 2.75) is 19.5 Å². The van der Waals surface area contributed by atoms with Crippen molar-refractivity contribution in [3.63, 3.8) is 0 Å². The molecule has 1 aliphatic rings. The summed E-state index contributed by atoms with van der Waals surface area (Å²) in [4.78, 5) is 27.6. The van der Waals surface area contributed by atoms with Gasteiger partial charge in [-0.05, 0) is 29.9 Å². The van der Waals surface area contributed by atoms with Crippen LogP contribution in [0.2, 0.25) is 0 Å². The van der Waals surface area contributed by atoms with Crippen LogP contribution in [0.25, 0.3) is 11.0 Å². The highest BCUT2D eigenvalue weighted by Crippen LogP contribution is 2.20. The lowest BCUT2D eigenvalue weighted by atomic mass is 10.1. The highest BCUT2D eigenvalue weighted by molar-refractivity contribution is 7.71. The third kappa shape index (κ3) is 2.28. The number of pyridine rings is 1. The van der Waals surface area contributed by atoms with Gasteiger partial charge >= 0.3 is 0 Å². The second kappa shape index (κ2) is 5.19. The van der Waals surface area contributed by atoms with Crippen LogP contribution in [-0.4, -0.2) is 31.4 Å². The summed E-state index contributed by atoms with van der Waals surface area (Å²) < 4.78 is 0.403. The van der Waals surface area contributed by atoms with Crippen LogP contribution in [0.5, 0.6) is 0 Å². The van der Waals surface area contributed by atoms with E-state index in [-0.39, 0.29) is 5.56 Å². The lowest BCUT2D eigenvalue weighted by Gasteiger charge is -2.27. The number of aromatic nitrogens is 4. The number of hydrogen-bond acceptors (Lipinski definition) is 4. The van der Waals surface area contributed by atoms with Crippen LogP contribution in [0.1, 0.15) is 16.8 Å². The minimum atomic E-state index is -0.0796. The summed E-state index contributed by atoms with van der Waals surface area (Å²) in [6.07, 6.45) is 4.58. The Balaban J connectivity index is 1.63. The van der Waals surface area contributed by atoms with Gasteiger partial charge in [0.15, 0.2) is 4.77 Å². The molecule has 0 unspecified atom stereocenters. The number of H-pyrrole nitrogens is 3. The van der Waals surface area contributed by atoms with Crippen molar-refractivity contribution in [1.82, 2.24) is 24.8 Å². The molecule has 0 radical (unpaired) electrons. The fourth-order valence-electron chi connectivity index (χ4n) is 3.03. The van der Waals surface area contributed by atoms with Gasteiger partial charge < -0.3 is 9.97 Å². The lowest BCUT2D eigenvalue weighted by molar-refractivity contribution is 0.242. The average Bonchev–Trinajstić information content (AvgIpc) is 2.91. The zero-order valence-corrected chi connectivity index (χ0v) is 12.7. The second-order valence-electron chi connectivity index (χ2n) is 5.54. The van der Waals surface area contributed by atoms with E-state index in [1.165, 1.54) is 5.56 Å². The van der Waals surface area contributed by atoms with Crippen LogP contribution in [0.4, 0.5) is 0 Å². The van der Waals surface area contributed by atoms with E-state index in [0.29, 0.717) is 11.3 Å². The monoisotopic (exact) mass is 313 g/mol. The molecule has 4 rings (SSSR count). The van der Waals surface area contributed by atoms with Gasteiger partial charge in [-0.15, -0.1) is 0 Å². The number of rotatable bonds is 2. The zero-order valence-electron chi connectivity index (χ0n) is 11.8. The summed E-state index contributed by atoms with van der Waals surface area (Å²) in [6.45, 7) is 2.32. The molecule has 0 aliphatic carbocycles. The van der Waals surface area contributed by atoms with Gasteiger partial charge in [0, 0.05) is 49.5 Å². The summed E-state index contributed by atoms with van der Waals surface area (Å²) in [5, 5.41) is 1.13. The van der Waals surface area contributed by atoms with Crippen LogP contribution < -0.4 is 5.56 Å². The Kier molecular flexibility index (Phi) is 3.16. The molecule has 3 aromatic heterocycles. The number of nitrogens with one attached hydrogen (secondary N) is 3. The Labute approximate surface area is 131 Å². The average molecular weight is 313 g/mol. The van der Waals surface area contributed by atoms with Crippen LogP contribution in [-0.2, 0) is 19.5 Å². The number of nitrogens with zero attached hydrogens (tertiary/aromatic N) is 2. The Bertz CT molecular complexity index is 954. The molecular weight excluding hydrogens is 298 g/mol. The van der Waals surface area contributed by atoms with E-state index in [1.54, 1.807) is 6.20 Å². The van der Waals surface area contributed by atoms with Crippen molar-refractivity contribution in [3.8, 4) is 0 Å². The molecule has 0 amide bonds. The Morgan fingerprint density at radius 1 is 1.36 bits per heavy atom. The summed E-state index contributed by atoms with van der Waals surface area (Å²) in [5.74, 6) is 0. The maximum Gasteiger partial charge on any atom is 0.256 e. The van der Waals surface area contributed by atoms with E-state index in [0.717, 1.165) is 41.8 Å². The molecule has 112 valence electrons. The number of aromatic amines is 3. The van der Waals surface area contributed by atoms with E-state index < -0.39 is 0 Å². The summed E-state index contributed by atoms with van der Waals surface area (Å²) in [6, 6.07) is 4.01. The van der Waals surface area contributed by atoms with Crippen LogP contribution in [0.3, 0.4) is 0 Å². The molecule has 0 fully saturated rings. The van der Waals surface area contributed by atoms with Crippen molar-refractivity contribution in [1.29, 1.82) is 0 Å². The van der Waals surface area contributed by atoms with Crippen molar-refractivity contribution in [2.75, 3.05) is 6.54 Å². The highest BCUT2D eigenvalue weighted by atomic mass is 32.1. The van der Waals surface area contributed by atoms with Crippen molar-refractivity contribution in [3.05, 3.63) is 56.5 Å².